The van der Waals surface area contributed by atoms with Crippen LogP contribution in [0.15, 0.2) is 35.2 Å². The van der Waals surface area contributed by atoms with E-state index in [0.29, 0.717) is 43.4 Å². The Labute approximate surface area is 199 Å². The van der Waals surface area contributed by atoms with Gasteiger partial charge in [-0.05, 0) is 48.5 Å². The van der Waals surface area contributed by atoms with Crippen LogP contribution in [0.25, 0.3) is 5.69 Å². The molecule has 0 unspecified atom stereocenters. The number of tetrazole rings is 1. The first-order valence-electron chi connectivity index (χ1n) is 11.2. The third-order valence-corrected chi connectivity index (χ3v) is 7.81. The average molecular weight is 487 g/mol. The lowest BCUT2D eigenvalue weighted by molar-refractivity contribution is 0.0730. The largest absolute Gasteiger partial charge is 0.379 e. The fourth-order valence-electron chi connectivity index (χ4n) is 4.23. The summed E-state index contributed by atoms with van der Waals surface area (Å²) in [6.07, 6.45) is 0. The van der Waals surface area contributed by atoms with Gasteiger partial charge in [-0.15, -0.1) is 5.10 Å². The number of nitrogens with zero attached hydrogens (tertiary/aromatic N) is 6. The summed E-state index contributed by atoms with van der Waals surface area (Å²) in [5, 5.41) is 11.8. The number of ether oxygens (including phenoxy) is 1. The number of carbonyl (C=O) groups excluding carboxylic acids is 1. The Kier molecular flexibility index (Phi) is 6.45. The minimum Gasteiger partial charge on any atom is -0.379 e. The number of aromatic nitrogens is 5. The molecule has 10 nitrogen and oxygen atoms in total. The number of hydrogen-bond donors (Lipinski definition) is 0. The highest BCUT2D eigenvalue weighted by Crippen LogP contribution is 2.26. The van der Waals surface area contributed by atoms with Crippen molar-refractivity contribution in [1.29, 1.82) is 0 Å². The van der Waals surface area contributed by atoms with Gasteiger partial charge in [0.1, 0.15) is 6.54 Å². The van der Waals surface area contributed by atoms with Crippen molar-refractivity contribution in [3.63, 3.8) is 0 Å². The third-order valence-electron chi connectivity index (χ3n) is 5.91. The summed E-state index contributed by atoms with van der Waals surface area (Å²) in [4.78, 5) is 13.4. The normalized spacial score (nSPS) is 15.6. The fraction of sp³-hybridized carbons (Fsp3) is 0.478. The molecule has 4 rings (SSSR count). The van der Waals surface area contributed by atoms with Crippen molar-refractivity contribution in [2.45, 2.75) is 51.5 Å². The lowest BCUT2D eigenvalue weighted by Crippen LogP contribution is -2.40. The summed E-state index contributed by atoms with van der Waals surface area (Å²) in [6.45, 7) is 11.2. The molecule has 0 amide bonds. The Hall–Kier alpha value is -2.89. The van der Waals surface area contributed by atoms with Crippen LogP contribution in [0, 0.1) is 13.8 Å². The monoisotopic (exact) mass is 486 g/mol. The first-order valence-corrected chi connectivity index (χ1v) is 12.6. The molecule has 182 valence electrons. The Morgan fingerprint density at radius 2 is 1.82 bits per heavy atom. The van der Waals surface area contributed by atoms with Crippen molar-refractivity contribution >= 4 is 15.8 Å². The first kappa shape index (κ1) is 24.2. The van der Waals surface area contributed by atoms with Crippen molar-refractivity contribution in [3.05, 3.63) is 53.1 Å². The molecular weight excluding hydrogens is 456 g/mol. The molecule has 0 atom stereocenters. The van der Waals surface area contributed by atoms with E-state index in [1.165, 1.54) is 8.99 Å². The molecule has 1 saturated heterocycles. The van der Waals surface area contributed by atoms with Gasteiger partial charge in [0, 0.05) is 41.1 Å². The lowest BCUT2D eigenvalue weighted by atomic mass is 9.96. The number of benzene rings is 1. The maximum atomic E-state index is 13.2. The summed E-state index contributed by atoms with van der Waals surface area (Å²) in [6, 6.07) is 8.63. The van der Waals surface area contributed by atoms with E-state index >= 15 is 0 Å². The van der Waals surface area contributed by atoms with E-state index in [4.69, 9.17) is 4.74 Å². The molecular formula is C23H30N6O4S. The van der Waals surface area contributed by atoms with Gasteiger partial charge < -0.3 is 9.30 Å². The average Bonchev–Trinajstić information content (AvgIpc) is 3.38. The van der Waals surface area contributed by atoms with Crippen LogP contribution in [0.4, 0.5) is 0 Å². The van der Waals surface area contributed by atoms with Crippen LogP contribution < -0.4 is 0 Å². The molecule has 2 aromatic heterocycles. The number of sulfonamides is 1. The summed E-state index contributed by atoms with van der Waals surface area (Å²) in [7, 11) is -3.63. The van der Waals surface area contributed by atoms with Crippen molar-refractivity contribution < 1.29 is 17.9 Å². The Balaban J connectivity index is 1.65. The van der Waals surface area contributed by atoms with E-state index in [0.717, 1.165) is 11.4 Å². The van der Waals surface area contributed by atoms with Crippen LogP contribution in [-0.4, -0.2) is 69.6 Å². The van der Waals surface area contributed by atoms with E-state index in [2.05, 4.69) is 15.5 Å². The van der Waals surface area contributed by atoms with Gasteiger partial charge in [-0.1, -0.05) is 26.8 Å². The number of aryl methyl sites for hydroxylation is 1. The van der Waals surface area contributed by atoms with E-state index in [1.807, 2.05) is 51.3 Å². The molecule has 0 aliphatic carbocycles. The van der Waals surface area contributed by atoms with Crippen LogP contribution in [0.2, 0.25) is 0 Å². The van der Waals surface area contributed by atoms with Gasteiger partial charge in [-0.25, -0.2) is 13.1 Å². The standard InChI is InChI=1S/C23H30N6O4S/c1-16-13-20(21(30)15-28-22(23(3,4)5)24-25-26-28)17(2)29(16)18-7-6-8-19(14-18)34(31,32)27-9-11-33-12-10-27/h6-8,13-14H,9-12,15H2,1-5H3. The molecule has 0 spiro atoms. The smallest absolute Gasteiger partial charge is 0.243 e. The molecule has 0 radical (unpaired) electrons. The number of rotatable bonds is 6. The summed E-state index contributed by atoms with van der Waals surface area (Å²) in [5.41, 5.74) is 2.49. The van der Waals surface area contributed by atoms with Crippen LogP contribution >= 0.6 is 0 Å². The zero-order valence-corrected chi connectivity index (χ0v) is 21.0. The molecule has 1 aliphatic rings. The van der Waals surface area contributed by atoms with Gasteiger partial charge >= 0.3 is 0 Å². The third kappa shape index (κ3) is 4.55. The summed E-state index contributed by atoms with van der Waals surface area (Å²) in [5.74, 6) is 0.518. The maximum Gasteiger partial charge on any atom is 0.243 e. The van der Waals surface area contributed by atoms with Crippen LogP contribution in [0.1, 0.15) is 48.3 Å². The molecule has 1 fully saturated rings. The highest BCUT2D eigenvalue weighted by Gasteiger charge is 2.28. The van der Waals surface area contributed by atoms with Crippen LogP contribution in [-0.2, 0) is 26.7 Å². The molecule has 0 N–H and O–H groups in total. The minimum absolute atomic E-state index is 0.0232. The highest BCUT2D eigenvalue weighted by molar-refractivity contribution is 7.89. The summed E-state index contributed by atoms with van der Waals surface area (Å²) >= 11 is 0. The highest BCUT2D eigenvalue weighted by atomic mass is 32.2. The van der Waals surface area contributed by atoms with Crippen molar-refractivity contribution in [2.75, 3.05) is 26.3 Å². The molecule has 1 aliphatic heterocycles. The summed E-state index contributed by atoms with van der Waals surface area (Å²) < 4.78 is 36.4. The SMILES string of the molecule is Cc1cc(C(=O)Cn2nnnc2C(C)(C)C)c(C)n1-c1cccc(S(=O)(=O)N2CCOCC2)c1. The van der Waals surface area contributed by atoms with Crippen molar-refractivity contribution in [2.24, 2.45) is 0 Å². The second kappa shape index (κ2) is 9.05. The first-order chi connectivity index (χ1) is 16.0. The van der Waals surface area contributed by atoms with Gasteiger partial charge in [-0.3, -0.25) is 4.79 Å². The van der Waals surface area contributed by atoms with E-state index in [1.54, 1.807) is 18.2 Å². The van der Waals surface area contributed by atoms with Gasteiger partial charge in [0.2, 0.25) is 10.0 Å². The van der Waals surface area contributed by atoms with Crippen LogP contribution in [0.5, 0.6) is 0 Å². The second-order valence-corrected chi connectivity index (χ2v) is 11.4. The van der Waals surface area contributed by atoms with Crippen molar-refractivity contribution in [3.8, 4) is 5.69 Å². The number of ketones is 1. The van der Waals surface area contributed by atoms with E-state index in [9.17, 15) is 13.2 Å². The Bertz CT molecular complexity index is 1310. The number of hydrogen-bond acceptors (Lipinski definition) is 7. The topological polar surface area (TPSA) is 112 Å². The number of Topliss-reactive ketones (excluding diaryl/α,β-unsaturated/α-hetero) is 1. The molecule has 11 heteroatoms. The minimum atomic E-state index is -3.63. The van der Waals surface area contributed by atoms with Gasteiger partial charge in [-0.2, -0.15) is 4.31 Å². The van der Waals surface area contributed by atoms with Gasteiger partial charge in [0.25, 0.3) is 0 Å². The van der Waals surface area contributed by atoms with Crippen LogP contribution in [0.3, 0.4) is 0 Å². The van der Waals surface area contributed by atoms with Gasteiger partial charge in [0.15, 0.2) is 11.6 Å². The molecule has 0 saturated carbocycles. The molecule has 34 heavy (non-hydrogen) atoms. The number of carbonyl (C=O) groups is 1. The molecule has 3 aromatic rings. The lowest BCUT2D eigenvalue weighted by Gasteiger charge is -2.26. The van der Waals surface area contributed by atoms with Gasteiger partial charge in [0.05, 0.1) is 18.1 Å². The Morgan fingerprint density at radius 3 is 2.50 bits per heavy atom. The second-order valence-electron chi connectivity index (χ2n) is 9.47. The predicted octanol–water partition coefficient (Wildman–Crippen LogP) is 2.28. The molecule has 1 aromatic carbocycles. The van der Waals surface area contributed by atoms with E-state index in [-0.39, 0.29) is 22.6 Å². The van der Waals surface area contributed by atoms with E-state index < -0.39 is 10.0 Å². The predicted molar refractivity (Wildman–Crippen MR) is 126 cm³/mol. The van der Waals surface area contributed by atoms with Crippen molar-refractivity contribution in [1.82, 2.24) is 29.1 Å². The maximum absolute atomic E-state index is 13.2. The Morgan fingerprint density at radius 1 is 1.12 bits per heavy atom. The zero-order valence-electron chi connectivity index (χ0n) is 20.1. The zero-order chi connectivity index (χ0) is 24.7. The molecule has 0 bridgehead atoms. The molecule has 3 heterocycles. The quantitative estimate of drug-likeness (QED) is 0.491. The fourth-order valence-corrected chi connectivity index (χ4v) is 5.68. The number of morpholine rings is 1.